The Kier molecular flexibility index (Phi) is 13.7. The second kappa shape index (κ2) is 18.3. The minimum absolute atomic E-state index is 0.0728. The third-order valence-corrected chi connectivity index (χ3v) is 11.3. The Bertz CT molecular complexity index is 2060. The first-order valence-corrected chi connectivity index (χ1v) is 19.6. The molecule has 62 heavy (non-hydrogen) atoms. The van der Waals surface area contributed by atoms with Gasteiger partial charge in [0, 0.05) is 17.7 Å². The second-order valence-electron chi connectivity index (χ2n) is 15.7. The minimum Gasteiger partial charge on any atom is -0.508 e. The summed E-state index contributed by atoms with van der Waals surface area (Å²) in [6.45, 7) is 3.47. The first-order valence-electron chi connectivity index (χ1n) is 19.6. The Labute approximate surface area is 350 Å². The molecule has 4 aliphatic heterocycles. The predicted octanol–water partition coefficient (Wildman–Crippen LogP) is -4.04. The highest BCUT2D eigenvalue weighted by molar-refractivity contribution is 5.88. The summed E-state index contributed by atoms with van der Waals surface area (Å²) in [6.07, 6.45) is -32.8. The van der Waals surface area contributed by atoms with E-state index in [0.29, 0.717) is 0 Å². The Hall–Kier alpha value is -3.83. The van der Waals surface area contributed by atoms with Crippen molar-refractivity contribution in [1.82, 2.24) is 0 Å². The standard InChI is InChI=1S/C39H50O23/c1-11-21(42)26(47)30(51)36(55-11)54-10-19-24(45)29(50)35(62-38-32(53)28(49)23(44)13(3)57-38)39(60-19)61-34-25(46)20-17(41)8-16(58-37-31(52)27(48)22(43)12(2)56-37)9-18(20)59-33(34)14-4-6-15(40)7-5-14/h4-9,11-13,19,21-24,26-32,35-45,47-53H,10H2,1-3H3/t11-,12+,13-,19-,21-,22+,23-,24+,26+,27-,28+,29+,30+,31-,32+,35-,36+,37+,38+,39+/m1/s1. The summed E-state index contributed by atoms with van der Waals surface area (Å²) in [4.78, 5) is 14.5. The van der Waals surface area contributed by atoms with Gasteiger partial charge in [-0.1, -0.05) is 0 Å². The van der Waals surface area contributed by atoms with Gasteiger partial charge in [0.2, 0.25) is 23.8 Å². The molecule has 3 aromatic rings. The van der Waals surface area contributed by atoms with Crippen LogP contribution in [-0.2, 0) is 28.4 Å². The summed E-state index contributed by atoms with van der Waals surface area (Å²) in [6, 6.07) is 7.21. The molecule has 0 spiro atoms. The Morgan fingerprint density at radius 3 is 1.69 bits per heavy atom. The zero-order valence-electron chi connectivity index (χ0n) is 33.1. The number of phenols is 2. The summed E-state index contributed by atoms with van der Waals surface area (Å²) in [7, 11) is 0. The zero-order chi connectivity index (χ0) is 45.1. The molecule has 0 aliphatic carbocycles. The van der Waals surface area contributed by atoms with E-state index in [-0.39, 0.29) is 22.6 Å². The lowest BCUT2D eigenvalue weighted by Gasteiger charge is -2.46. The van der Waals surface area contributed by atoms with E-state index in [9.17, 15) is 71.2 Å². The molecule has 23 nitrogen and oxygen atoms in total. The van der Waals surface area contributed by atoms with Gasteiger partial charge in [-0.15, -0.1) is 0 Å². The maximum Gasteiger partial charge on any atom is 0.239 e. The number of fused-ring (bicyclic) bond motifs is 1. The molecule has 4 aliphatic rings. The van der Waals surface area contributed by atoms with Crippen molar-refractivity contribution in [1.29, 1.82) is 0 Å². The lowest BCUT2D eigenvalue weighted by molar-refractivity contribution is -0.360. The van der Waals surface area contributed by atoms with Gasteiger partial charge in [0.05, 0.1) is 24.9 Å². The van der Waals surface area contributed by atoms with Crippen molar-refractivity contribution in [2.24, 2.45) is 0 Å². The van der Waals surface area contributed by atoms with E-state index >= 15 is 0 Å². The maximum atomic E-state index is 14.5. The van der Waals surface area contributed by atoms with E-state index in [2.05, 4.69) is 0 Å². The number of hydrogen-bond donors (Lipinski definition) is 13. The van der Waals surface area contributed by atoms with Crippen LogP contribution in [0.3, 0.4) is 0 Å². The summed E-state index contributed by atoms with van der Waals surface area (Å²) in [5, 5.41) is 137. The minimum atomic E-state index is -2.06. The van der Waals surface area contributed by atoms with Gasteiger partial charge in [-0.3, -0.25) is 4.79 Å². The molecule has 0 saturated carbocycles. The van der Waals surface area contributed by atoms with Crippen molar-refractivity contribution < 1.29 is 109 Å². The maximum absolute atomic E-state index is 14.5. The quantitative estimate of drug-likeness (QED) is 0.0921. The van der Waals surface area contributed by atoms with Gasteiger partial charge in [-0.25, -0.2) is 0 Å². The molecule has 344 valence electrons. The first-order chi connectivity index (χ1) is 29.3. The van der Waals surface area contributed by atoms with Gasteiger partial charge >= 0.3 is 0 Å². The van der Waals surface area contributed by atoms with E-state index in [1.807, 2.05) is 0 Å². The molecule has 20 atom stereocenters. The highest BCUT2D eigenvalue weighted by atomic mass is 16.8. The van der Waals surface area contributed by atoms with Crippen LogP contribution >= 0.6 is 0 Å². The van der Waals surface area contributed by atoms with Crippen molar-refractivity contribution in [2.45, 2.75) is 144 Å². The van der Waals surface area contributed by atoms with Crippen molar-refractivity contribution in [3.05, 3.63) is 46.6 Å². The molecule has 0 bridgehead atoms. The number of ether oxygens (including phenoxy) is 8. The third-order valence-electron chi connectivity index (χ3n) is 11.3. The lowest BCUT2D eigenvalue weighted by atomic mass is 9.97. The third kappa shape index (κ3) is 8.83. The smallest absolute Gasteiger partial charge is 0.239 e. The van der Waals surface area contributed by atoms with Crippen LogP contribution in [0.4, 0.5) is 0 Å². The number of hydrogen-bond acceptors (Lipinski definition) is 23. The molecule has 1 aromatic heterocycles. The zero-order valence-corrected chi connectivity index (χ0v) is 33.1. The topological polar surface area (TPSA) is 367 Å². The molecular weight excluding hydrogens is 836 g/mol. The predicted molar refractivity (Wildman–Crippen MR) is 201 cm³/mol. The average Bonchev–Trinajstić information content (AvgIpc) is 3.24. The normalized spacial score (nSPS) is 41.5. The van der Waals surface area contributed by atoms with Crippen molar-refractivity contribution in [3.63, 3.8) is 0 Å². The van der Waals surface area contributed by atoms with Crippen LogP contribution in [0.1, 0.15) is 20.8 Å². The van der Waals surface area contributed by atoms with E-state index in [0.717, 1.165) is 12.1 Å². The van der Waals surface area contributed by atoms with Gasteiger partial charge < -0.3 is 109 Å². The van der Waals surface area contributed by atoms with Gasteiger partial charge in [0.15, 0.2) is 24.4 Å². The van der Waals surface area contributed by atoms with Crippen LogP contribution < -0.4 is 14.9 Å². The second-order valence-corrected chi connectivity index (χ2v) is 15.7. The van der Waals surface area contributed by atoms with Gasteiger partial charge in [0.1, 0.15) is 101 Å². The molecule has 2 aromatic carbocycles. The van der Waals surface area contributed by atoms with Gasteiger partial charge in [-0.2, -0.15) is 0 Å². The molecule has 4 saturated heterocycles. The van der Waals surface area contributed by atoms with E-state index in [1.54, 1.807) is 0 Å². The van der Waals surface area contributed by atoms with Crippen molar-refractivity contribution in [3.8, 4) is 34.3 Å². The fourth-order valence-corrected chi connectivity index (χ4v) is 7.50. The van der Waals surface area contributed by atoms with E-state index < -0.39 is 158 Å². The van der Waals surface area contributed by atoms with Gasteiger partial charge in [-0.05, 0) is 45.0 Å². The summed E-state index contributed by atoms with van der Waals surface area (Å²) < 4.78 is 52.0. The summed E-state index contributed by atoms with van der Waals surface area (Å²) >= 11 is 0. The summed E-state index contributed by atoms with van der Waals surface area (Å²) in [5.74, 6) is -2.31. The number of benzene rings is 2. The number of aliphatic hydroxyl groups excluding tert-OH is 11. The van der Waals surface area contributed by atoms with Crippen molar-refractivity contribution in [2.75, 3.05) is 6.61 Å². The highest BCUT2D eigenvalue weighted by Crippen LogP contribution is 2.39. The van der Waals surface area contributed by atoms with Crippen LogP contribution in [0.25, 0.3) is 22.3 Å². The van der Waals surface area contributed by atoms with Gasteiger partial charge in [0.25, 0.3) is 0 Å². The molecule has 0 radical (unpaired) electrons. The molecule has 13 N–H and O–H groups in total. The fraction of sp³-hybridized carbons (Fsp3) is 0.615. The van der Waals surface area contributed by atoms with Crippen LogP contribution in [0.5, 0.6) is 23.0 Å². The Morgan fingerprint density at radius 2 is 1.10 bits per heavy atom. The number of aromatic hydroxyl groups is 2. The van der Waals surface area contributed by atoms with Crippen LogP contribution in [0, 0.1) is 0 Å². The number of phenolic OH excluding ortho intramolecular Hbond substituents is 2. The monoisotopic (exact) mass is 886 g/mol. The van der Waals surface area contributed by atoms with Crippen LogP contribution in [0.15, 0.2) is 45.6 Å². The van der Waals surface area contributed by atoms with Crippen molar-refractivity contribution >= 4 is 11.0 Å². The lowest BCUT2D eigenvalue weighted by Crippen LogP contribution is -2.65. The average molecular weight is 887 g/mol. The van der Waals surface area contributed by atoms with Crippen LogP contribution in [0.2, 0.25) is 0 Å². The molecule has 0 amide bonds. The molecule has 5 heterocycles. The molecular formula is C39H50O23. The molecule has 0 unspecified atom stereocenters. The molecule has 23 heteroatoms. The van der Waals surface area contributed by atoms with E-state index in [1.165, 1.54) is 45.0 Å². The fourth-order valence-electron chi connectivity index (χ4n) is 7.50. The van der Waals surface area contributed by atoms with E-state index in [4.69, 9.17) is 42.3 Å². The number of aliphatic hydroxyl groups is 11. The highest BCUT2D eigenvalue weighted by Gasteiger charge is 2.52. The Morgan fingerprint density at radius 1 is 0.565 bits per heavy atom. The largest absolute Gasteiger partial charge is 0.508 e. The summed E-state index contributed by atoms with van der Waals surface area (Å²) in [5.41, 5.74) is -1.36. The SMILES string of the molecule is C[C@@H]1O[C@@H](Oc2cc(O)c3c(=O)c(O[C@@H]4O[C@H](CO[C@H]5O[C@H](C)[C@@H](O)[C@H](O)[C@@H]5O)[C@H](O)[C@H](O)[C@H]4O[C@@H]4O[C@H](C)[C@@H](O)[C@H](O)[C@@H]4O)c(-c4ccc(O)cc4)oc3c2)[C@H](O)[C@H](O)[C@H]1O. The molecule has 7 rings (SSSR count). The molecule has 4 fully saturated rings. The van der Waals surface area contributed by atoms with Crippen LogP contribution in [-0.4, -0.2) is 196 Å². The number of rotatable bonds is 10. The first kappa shape index (κ1) is 46.2. The Balaban J connectivity index is 1.27.